The SMILES string of the molecule is CC1(C)c2ccccc2B2c3cc4ccccc4nc3N(c3ccc4ccccc4n3)c3nc4ccccc4c1c32. The van der Waals surface area contributed by atoms with E-state index >= 15 is 0 Å². The minimum atomic E-state index is -0.218. The Balaban J connectivity index is 1.47. The second-order valence-corrected chi connectivity index (χ2v) is 11.7. The predicted molar refractivity (Wildman–Crippen MR) is 170 cm³/mol. The van der Waals surface area contributed by atoms with E-state index in [1.54, 1.807) is 0 Å². The van der Waals surface area contributed by atoms with E-state index in [9.17, 15) is 0 Å². The molecule has 5 heteroatoms. The van der Waals surface area contributed by atoms with E-state index in [1.807, 2.05) is 6.07 Å². The van der Waals surface area contributed by atoms with Crippen LogP contribution in [0.4, 0.5) is 17.5 Å². The van der Waals surface area contributed by atoms with Gasteiger partial charge in [-0.1, -0.05) is 104 Å². The molecule has 0 unspecified atom stereocenters. The third-order valence-electron chi connectivity index (χ3n) is 9.05. The number of pyridine rings is 3. The highest BCUT2D eigenvalue weighted by Gasteiger charge is 2.48. The number of para-hydroxylation sites is 3. The predicted octanol–water partition coefficient (Wildman–Crippen LogP) is 6.27. The molecule has 41 heavy (non-hydrogen) atoms. The molecular weight excluding hydrogens is 499 g/mol. The van der Waals surface area contributed by atoms with Crippen LogP contribution in [0, 0.1) is 0 Å². The first-order valence-electron chi connectivity index (χ1n) is 14.2. The van der Waals surface area contributed by atoms with E-state index < -0.39 is 0 Å². The lowest BCUT2D eigenvalue weighted by atomic mass is 9.30. The molecule has 2 aliphatic rings. The summed E-state index contributed by atoms with van der Waals surface area (Å²) in [6.07, 6.45) is 0. The van der Waals surface area contributed by atoms with E-state index in [0.717, 1.165) is 44.8 Å². The topological polar surface area (TPSA) is 41.9 Å². The number of hydrogen-bond donors (Lipinski definition) is 0. The molecule has 0 spiro atoms. The van der Waals surface area contributed by atoms with Crippen LogP contribution >= 0.6 is 0 Å². The number of benzene rings is 4. The lowest BCUT2D eigenvalue weighted by Crippen LogP contribution is -2.64. The van der Waals surface area contributed by atoms with Crippen molar-refractivity contribution in [2.45, 2.75) is 19.3 Å². The van der Waals surface area contributed by atoms with Crippen LogP contribution in [0.2, 0.25) is 0 Å². The molecule has 7 aromatic rings. The van der Waals surface area contributed by atoms with Crippen LogP contribution in [-0.4, -0.2) is 21.7 Å². The van der Waals surface area contributed by atoms with E-state index in [1.165, 1.54) is 32.9 Å². The summed E-state index contributed by atoms with van der Waals surface area (Å²) in [6.45, 7) is 4.73. The molecule has 2 aliphatic heterocycles. The molecule has 0 N–H and O–H groups in total. The molecule has 3 aromatic heterocycles. The number of aromatic nitrogens is 3. The van der Waals surface area contributed by atoms with Crippen molar-refractivity contribution in [3.8, 4) is 0 Å². The van der Waals surface area contributed by atoms with Gasteiger partial charge in [-0.2, -0.15) is 0 Å². The Morgan fingerprint density at radius 1 is 0.585 bits per heavy atom. The van der Waals surface area contributed by atoms with Crippen LogP contribution in [-0.2, 0) is 5.41 Å². The fourth-order valence-electron chi connectivity index (χ4n) is 7.27. The van der Waals surface area contributed by atoms with Gasteiger partial charge in [0.1, 0.15) is 17.5 Å². The molecule has 0 radical (unpaired) electrons. The maximum Gasteiger partial charge on any atom is 0.251 e. The summed E-state index contributed by atoms with van der Waals surface area (Å²) in [5.41, 5.74) is 9.15. The van der Waals surface area contributed by atoms with E-state index in [2.05, 4.69) is 128 Å². The van der Waals surface area contributed by atoms with Crippen LogP contribution in [0.1, 0.15) is 25.0 Å². The molecule has 0 amide bonds. The lowest BCUT2D eigenvalue weighted by Gasteiger charge is -2.44. The smallest absolute Gasteiger partial charge is 0.251 e. The van der Waals surface area contributed by atoms with Crippen molar-refractivity contribution in [2.75, 3.05) is 4.90 Å². The van der Waals surface area contributed by atoms with Gasteiger partial charge >= 0.3 is 0 Å². The minimum Gasteiger partial charge on any atom is -0.263 e. The van der Waals surface area contributed by atoms with Crippen LogP contribution < -0.4 is 21.3 Å². The molecule has 192 valence electrons. The average Bonchev–Trinajstić information content (AvgIpc) is 3.01. The highest BCUT2D eigenvalue weighted by Crippen LogP contribution is 2.43. The van der Waals surface area contributed by atoms with Gasteiger partial charge in [0.15, 0.2) is 0 Å². The third-order valence-corrected chi connectivity index (χ3v) is 9.05. The summed E-state index contributed by atoms with van der Waals surface area (Å²) in [7, 11) is 0. The van der Waals surface area contributed by atoms with Crippen molar-refractivity contribution in [1.82, 2.24) is 15.0 Å². The summed E-state index contributed by atoms with van der Waals surface area (Å²) in [6, 6.07) is 40.8. The van der Waals surface area contributed by atoms with Crippen LogP contribution in [0.5, 0.6) is 0 Å². The molecular formula is C36H25BN4. The van der Waals surface area contributed by atoms with Gasteiger partial charge in [-0.15, -0.1) is 0 Å². The first-order chi connectivity index (χ1) is 20.1. The maximum atomic E-state index is 5.41. The van der Waals surface area contributed by atoms with Gasteiger partial charge in [-0.3, -0.25) is 4.90 Å². The highest BCUT2D eigenvalue weighted by atomic mass is 15.3. The minimum absolute atomic E-state index is 0.0187. The quantitative estimate of drug-likeness (QED) is 0.238. The highest BCUT2D eigenvalue weighted by molar-refractivity contribution is 6.99. The van der Waals surface area contributed by atoms with E-state index in [-0.39, 0.29) is 12.1 Å². The zero-order chi connectivity index (χ0) is 27.3. The van der Waals surface area contributed by atoms with Gasteiger partial charge in [0.05, 0.1) is 16.6 Å². The molecule has 0 atom stereocenters. The number of nitrogens with zero attached hydrogens (tertiary/aromatic N) is 4. The lowest BCUT2D eigenvalue weighted by molar-refractivity contribution is 0.651. The first-order valence-corrected chi connectivity index (χ1v) is 14.2. The Hall–Kier alpha value is -5.03. The fraction of sp³-hybridized carbons (Fsp3) is 0.0833. The van der Waals surface area contributed by atoms with E-state index in [0.29, 0.717) is 0 Å². The number of anilines is 3. The van der Waals surface area contributed by atoms with Gasteiger partial charge in [0.25, 0.3) is 6.71 Å². The van der Waals surface area contributed by atoms with Gasteiger partial charge in [-0.05, 0) is 57.8 Å². The Labute approximate surface area is 238 Å². The molecule has 9 rings (SSSR count). The Morgan fingerprint density at radius 2 is 1.24 bits per heavy atom. The standard InChI is InChI=1S/C36H25BN4/c1-36(2)25-14-6-7-15-26(25)37-27-21-23-12-4-9-17-29(23)39-34(27)41(31-20-19-22-11-3-8-16-28(22)38-31)35-33(37)32(36)24-13-5-10-18-30(24)40-35/h3-21H,1-2H3. The second kappa shape index (κ2) is 8.01. The van der Waals surface area contributed by atoms with Crippen molar-refractivity contribution >= 4 is 73.3 Å². The largest absolute Gasteiger partial charge is 0.263 e. The number of fused-ring (bicyclic) bond motifs is 8. The van der Waals surface area contributed by atoms with Crippen LogP contribution in [0.15, 0.2) is 115 Å². The molecule has 0 aliphatic carbocycles. The monoisotopic (exact) mass is 524 g/mol. The molecule has 0 saturated heterocycles. The number of hydrogen-bond acceptors (Lipinski definition) is 4. The molecule has 4 aromatic carbocycles. The average molecular weight is 524 g/mol. The zero-order valence-corrected chi connectivity index (χ0v) is 22.8. The summed E-state index contributed by atoms with van der Waals surface area (Å²) in [4.78, 5) is 18.1. The molecule has 0 fully saturated rings. The normalized spacial score (nSPS) is 14.7. The second-order valence-electron chi connectivity index (χ2n) is 11.7. The molecule has 4 nitrogen and oxygen atoms in total. The van der Waals surface area contributed by atoms with Gasteiger partial charge in [-0.25, -0.2) is 15.0 Å². The molecule has 5 heterocycles. The summed E-state index contributed by atoms with van der Waals surface area (Å²) >= 11 is 0. The maximum absolute atomic E-state index is 5.41. The van der Waals surface area contributed by atoms with Gasteiger partial charge in [0, 0.05) is 16.2 Å². The van der Waals surface area contributed by atoms with E-state index in [4.69, 9.17) is 15.0 Å². The zero-order valence-electron chi connectivity index (χ0n) is 22.8. The third kappa shape index (κ3) is 3.03. The fourth-order valence-corrected chi connectivity index (χ4v) is 7.27. The van der Waals surface area contributed by atoms with Gasteiger partial charge in [0.2, 0.25) is 0 Å². The summed E-state index contributed by atoms with van der Waals surface area (Å²) in [5, 5.41) is 3.46. The van der Waals surface area contributed by atoms with Crippen molar-refractivity contribution in [3.63, 3.8) is 0 Å². The van der Waals surface area contributed by atoms with Crippen LogP contribution in [0.25, 0.3) is 32.7 Å². The molecule has 0 bridgehead atoms. The number of rotatable bonds is 1. The Bertz CT molecular complexity index is 2220. The molecule has 0 saturated carbocycles. The Morgan fingerprint density at radius 3 is 2.10 bits per heavy atom. The van der Waals surface area contributed by atoms with Crippen molar-refractivity contribution in [2.24, 2.45) is 0 Å². The van der Waals surface area contributed by atoms with Gasteiger partial charge < -0.3 is 0 Å². The van der Waals surface area contributed by atoms with Crippen molar-refractivity contribution in [3.05, 3.63) is 126 Å². The van der Waals surface area contributed by atoms with Crippen LogP contribution in [0.3, 0.4) is 0 Å². The van der Waals surface area contributed by atoms with Crippen molar-refractivity contribution < 1.29 is 0 Å². The van der Waals surface area contributed by atoms with Crippen molar-refractivity contribution in [1.29, 1.82) is 0 Å². The first kappa shape index (κ1) is 22.8. The summed E-state index contributed by atoms with van der Waals surface area (Å²) < 4.78 is 0. The Kier molecular flexibility index (Phi) is 4.45. The summed E-state index contributed by atoms with van der Waals surface area (Å²) in [5.74, 6) is 2.64.